The van der Waals surface area contributed by atoms with Crippen LogP contribution in [0.1, 0.15) is 21.5 Å². The average molecular weight is 306 g/mol. The molecule has 0 spiro atoms. The lowest BCUT2D eigenvalue weighted by Gasteiger charge is -2.03. The van der Waals surface area contributed by atoms with Gasteiger partial charge in [0, 0.05) is 11.8 Å². The molecule has 23 heavy (non-hydrogen) atoms. The number of nitrogens with one attached hydrogen (secondary N) is 1. The van der Waals surface area contributed by atoms with Crippen molar-refractivity contribution in [1.82, 2.24) is 0 Å². The Balaban J connectivity index is 1.97. The number of amides is 1. The van der Waals surface area contributed by atoms with Gasteiger partial charge in [-0.15, -0.1) is 0 Å². The number of carbonyl (C=O) groups excluding carboxylic acids is 2. The van der Waals surface area contributed by atoms with Crippen molar-refractivity contribution in [1.29, 1.82) is 5.26 Å². The Bertz CT molecular complexity index is 769. The highest BCUT2D eigenvalue weighted by atomic mass is 16.5. The maximum absolute atomic E-state index is 11.8. The topological polar surface area (TPSA) is 79.2 Å². The van der Waals surface area contributed by atoms with E-state index in [0.29, 0.717) is 16.8 Å². The summed E-state index contributed by atoms with van der Waals surface area (Å²) in [6.07, 6.45) is 3.05. The molecule has 0 aliphatic heterocycles. The highest BCUT2D eigenvalue weighted by Gasteiger charge is 2.05. The van der Waals surface area contributed by atoms with Crippen LogP contribution in [0.15, 0.2) is 54.6 Å². The molecule has 0 bridgehead atoms. The van der Waals surface area contributed by atoms with Crippen molar-refractivity contribution in [3.8, 4) is 6.07 Å². The van der Waals surface area contributed by atoms with Gasteiger partial charge in [-0.3, -0.25) is 4.79 Å². The fraction of sp³-hybridized carbons (Fsp3) is 0.0556. The molecule has 114 valence electrons. The van der Waals surface area contributed by atoms with Crippen molar-refractivity contribution in [2.24, 2.45) is 0 Å². The number of anilines is 1. The Hall–Kier alpha value is -3.39. The molecule has 0 saturated heterocycles. The van der Waals surface area contributed by atoms with Crippen molar-refractivity contribution < 1.29 is 14.3 Å². The first kappa shape index (κ1) is 16.0. The van der Waals surface area contributed by atoms with Crippen LogP contribution >= 0.6 is 0 Å². The third kappa shape index (κ3) is 4.55. The Kier molecular flexibility index (Phi) is 5.26. The fourth-order valence-electron chi connectivity index (χ4n) is 1.83. The minimum Gasteiger partial charge on any atom is -0.465 e. The molecule has 0 saturated carbocycles. The molecule has 1 amide bonds. The summed E-state index contributed by atoms with van der Waals surface area (Å²) in [5, 5.41) is 11.4. The van der Waals surface area contributed by atoms with Crippen molar-refractivity contribution >= 4 is 23.6 Å². The summed E-state index contributed by atoms with van der Waals surface area (Å²) in [6.45, 7) is 0. The molecule has 2 aromatic rings. The number of nitriles is 1. The second kappa shape index (κ2) is 7.57. The number of hydrogen-bond acceptors (Lipinski definition) is 4. The summed E-state index contributed by atoms with van der Waals surface area (Å²) in [6, 6.07) is 15.3. The van der Waals surface area contributed by atoms with Gasteiger partial charge >= 0.3 is 5.97 Å². The van der Waals surface area contributed by atoms with Gasteiger partial charge in [0.1, 0.15) is 0 Å². The number of benzene rings is 2. The smallest absolute Gasteiger partial charge is 0.337 e. The molecule has 2 aromatic carbocycles. The molecule has 0 atom stereocenters. The van der Waals surface area contributed by atoms with E-state index >= 15 is 0 Å². The van der Waals surface area contributed by atoms with E-state index in [9.17, 15) is 9.59 Å². The normalized spacial score (nSPS) is 10.1. The van der Waals surface area contributed by atoms with Crippen LogP contribution in [-0.4, -0.2) is 19.0 Å². The van der Waals surface area contributed by atoms with Gasteiger partial charge in [-0.2, -0.15) is 5.26 Å². The number of hydrogen-bond donors (Lipinski definition) is 1. The lowest BCUT2D eigenvalue weighted by atomic mass is 10.1. The predicted molar refractivity (Wildman–Crippen MR) is 86.6 cm³/mol. The largest absolute Gasteiger partial charge is 0.465 e. The molecule has 5 heteroatoms. The number of ether oxygens (including phenoxy) is 1. The fourth-order valence-corrected chi connectivity index (χ4v) is 1.83. The monoisotopic (exact) mass is 306 g/mol. The second-order valence-corrected chi connectivity index (χ2v) is 4.63. The van der Waals surface area contributed by atoms with Crippen LogP contribution in [0.3, 0.4) is 0 Å². The lowest BCUT2D eigenvalue weighted by molar-refractivity contribution is -0.111. The molecule has 0 aliphatic carbocycles. The van der Waals surface area contributed by atoms with E-state index in [2.05, 4.69) is 10.1 Å². The molecular weight excluding hydrogens is 292 g/mol. The van der Waals surface area contributed by atoms with Crippen LogP contribution in [0, 0.1) is 11.3 Å². The zero-order valence-electron chi connectivity index (χ0n) is 12.4. The Morgan fingerprint density at radius 2 is 1.74 bits per heavy atom. The molecule has 0 radical (unpaired) electrons. The maximum Gasteiger partial charge on any atom is 0.337 e. The summed E-state index contributed by atoms with van der Waals surface area (Å²) in [5.74, 6) is -0.719. The van der Waals surface area contributed by atoms with Crippen LogP contribution < -0.4 is 5.32 Å². The van der Waals surface area contributed by atoms with Gasteiger partial charge in [0.05, 0.1) is 24.3 Å². The first-order chi connectivity index (χ1) is 11.1. The Morgan fingerprint density at radius 1 is 1.09 bits per heavy atom. The van der Waals surface area contributed by atoms with Crippen LogP contribution in [0.25, 0.3) is 6.08 Å². The molecule has 5 nitrogen and oxygen atoms in total. The number of methoxy groups -OCH3 is 1. The van der Waals surface area contributed by atoms with Crippen LogP contribution in [0.4, 0.5) is 5.69 Å². The van der Waals surface area contributed by atoms with E-state index in [1.54, 1.807) is 54.6 Å². The van der Waals surface area contributed by atoms with Crippen molar-refractivity contribution in [3.63, 3.8) is 0 Å². The molecule has 0 fully saturated rings. The van der Waals surface area contributed by atoms with Crippen LogP contribution in [-0.2, 0) is 9.53 Å². The second-order valence-electron chi connectivity index (χ2n) is 4.63. The summed E-state index contributed by atoms with van der Waals surface area (Å²) < 4.78 is 4.60. The van der Waals surface area contributed by atoms with E-state index in [1.807, 2.05) is 6.07 Å². The van der Waals surface area contributed by atoms with E-state index in [4.69, 9.17) is 5.26 Å². The van der Waals surface area contributed by atoms with Crippen LogP contribution in [0.2, 0.25) is 0 Å². The van der Waals surface area contributed by atoms with Crippen molar-refractivity contribution in [2.75, 3.05) is 12.4 Å². The quantitative estimate of drug-likeness (QED) is 0.695. The number of nitrogens with zero attached hydrogens (tertiary/aromatic N) is 1. The predicted octanol–water partition coefficient (Wildman–Crippen LogP) is 3.00. The van der Waals surface area contributed by atoms with Gasteiger partial charge in [-0.05, 0) is 48.0 Å². The van der Waals surface area contributed by atoms with E-state index in [0.717, 1.165) is 5.56 Å². The van der Waals surface area contributed by atoms with Gasteiger partial charge in [0.2, 0.25) is 5.91 Å². The zero-order chi connectivity index (χ0) is 16.7. The molecule has 0 aliphatic rings. The maximum atomic E-state index is 11.8. The molecule has 0 aromatic heterocycles. The molecule has 2 rings (SSSR count). The van der Waals surface area contributed by atoms with Crippen molar-refractivity contribution in [3.05, 3.63) is 71.3 Å². The minimum atomic E-state index is -0.427. The summed E-state index contributed by atoms with van der Waals surface area (Å²) in [7, 11) is 1.31. The van der Waals surface area contributed by atoms with Crippen molar-refractivity contribution in [2.45, 2.75) is 0 Å². The summed E-state index contributed by atoms with van der Waals surface area (Å²) >= 11 is 0. The summed E-state index contributed by atoms with van der Waals surface area (Å²) in [4.78, 5) is 23.2. The summed E-state index contributed by atoms with van der Waals surface area (Å²) in [5.41, 5.74) is 2.38. The third-order valence-corrected chi connectivity index (χ3v) is 3.04. The van der Waals surface area contributed by atoms with Gasteiger partial charge in [0.15, 0.2) is 0 Å². The minimum absolute atomic E-state index is 0.292. The molecule has 0 unspecified atom stereocenters. The standard InChI is InChI=1S/C18H14N2O3/c1-23-18(22)15-7-9-16(10-8-15)20-17(21)11-6-13-2-4-14(12-19)5-3-13/h2-11H,1H3,(H,20,21)/b11-6+. The highest BCUT2D eigenvalue weighted by Crippen LogP contribution is 2.11. The van der Waals surface area contributed by atoms with Gasteiger partial charge < -0.3 is 10.1 Å². The number of carbonyl (C=O) groups is 2. The van der Waals surface area contributed by atoms with Gasteiger partial charge in [0.25, 0.3) is 0 Å². The SMILES string of the molecule is COC(=O)c1ccc(NC(=O)/C=C/c2ccc(C#N)cc2)cc1. The van der Waals surface area contributed by atoms with E-state index < -0.39 is 5.97 Å². The average Bonchev–Trinajstić information content (AvgIpc) is 2.60. The third-order valence-electron chi connectivity index (χ3n) is 3.04. The molecule has 0 heterocycles. The first-order valence-electron chi connectivity index (χ1n) is 6.80. The lowest BCUT2D eigenvalue weighted by Crippen LogP contribution is -2.08. The first-order valence-corrected chi connectivity index (χ1v) is 6.80. The number of esters is 1. The Labute approximate surface area is 133 Å². The van der Waals surface area contributed by atoms with Crippen LogP contribution in [0.5, 0.6) is 0 Å². The van der Waals surface area contributed by atoms with E-state index in [-0.39, 0.29) is 5.91 Å². The van der Waals surface area contributed by atoms with Gasteiger partial charge in [-0.1, -0.05) is 12.1 Å². The highest BCUT2D eigenvalue weighted by molar-refractivity contribution is 6.02. The Morgan fingerprint density at radius 3 is 2.30 bits per heavy atom. The van der Waals surface area contributed by atoms with E-state index in [1.165, 1.54) is 13.2 Å². The molecule has 1 N–H and O–H groups in total. The zero-order valence-corrected chi connectivity index (χ0v) is 12.4. The molecular formula is C18H14N2O3. The van der Waals surface area contributed by atoms with Gasteiger partial charge in [-0.25, -0.2) is 4.79 Å². The number of rotatable bonds is 4.